The Morgan fingerprint density at radius 2 is 1.67 bits per heavy atom. The summed E-state index contributed by atoms with van der Waals surface area (Å²) in [5.41, 5.74) is 1.69. The van der Waals surface area contributed by atoms with Crippen LogP contribution >= 0.6 is 11.8 Å². The number of hydrogen-bond acceptors (Lipinski definition) is 6. The molecule has 0 bridgehead atoms. The van der Waals surface area contributed by atoms with Gasteiger partial charge in [0.15, 0.2) is 20.8 Å². The van der Waals surface area contributed by atoms with E-state index >= 15 is 0 Å². The second-order valence-corrected chi connectivity index (χ2v) is 10.6. The molecule has 2 fully saturated rings. The Bertz CT molecular complexity index is 1120. The van der Waals surface area contributed by atoms with Crippen molar-refractivity contribution in [2.24, 2.45) is 4.99 Å². The molecule has 0 aromatic heterocycles. The molecule has 2 aromatic carbocycles. The van der Waals surface area contributed by atoms with Crippen LogP contribution in [-0.4, -0.2) is 55.2 Å². The van der Waals surface area contributed by atoms with Crippen molar-refractivity contribution in [3.05, 3.63) is 59.7 Å². The molecule has 0 N–H and O–H groups in total. The minimum Gasteiger partial charge on any atom is -0.497 e. The fourth-order valence-electron chi connectivity index (χ4n) is 3.61. The molecule has 9 heteroatoms. The average Bonchev–Trinajstić information content (AvgIpc) is 3.18. The van der Waals surface area contributed by atoms with Crippen LogP contribution in [0.5, 0.6) is 5.75 Å². The van der Waals surface area contributed by atoms with E-state index in [1.165, 1.54) is 18.7 Å². The molecule has 156 valence electrons. The average molecular weight is 445 g/mol. The van der Waals surface area contributed by atoms with E-state index in [1.807, 2.05) is 4.90 Å². The van der Waals surface area contributed by atoms with E-state index in [2.05, 4.69) is 4.99 Å². The molecule has 2 atom stereocenters. The van der Waals surface area contributed by atoms with Crippen molar-refractivity contribution >= 4 is 44.1 Å². The zero-order valence-corrected chi connectivity index (χ0v) is 18.1. The lowest BCUT2D eigenvalue weighted by atomic mass is 10.1. The zero-order valence-electron chi connectivity index (χ0n) is 16.4. The van der Waals surface area contributed by atoms with Gasteiger partial charge in [-0.25, -0.2) is 8.42 Å². The summed E-state index contributed by atoms with van der Waals surface area (Å²) in [7, 11) is -1.60. The first-order chi connectivity index (χ1) is 14.3. The van der Waals surface area contributed by atoms with Gasteiger partial charge in [0.05, 0.1) is 24.7 Å². The molecule has 30 heavy (non-hydrogen) atoms. The number of amidine groups is 1. The Hall–Kier alpha value is -2.65. The van der Waals surface area contributed by atoms with Crippen LogP contribution in [0.4, 0.5) is 5.69 Å². The molecule has 0 aliphatic carbocycles. The van der Waals surface area contributed by atoms with Gasteiger partial charge in [-0.2, -0.15) is 4.99 Å². The Balaban J connectivity index is 1.69. The lowest BCUT2D eigenvalue weighted by Gasteiger charge is -2.24. The number of methoxy groups -OCH3 is 1. The maximum Gasteiger partial charge on any atom is 0.279 e. The van der Waals surface area contributed by atoms with Gasteiger partial charge in [0.25, 0.3) is 5.91 Å². The van der Waals surface area contributed by atoms with E-state index in [4.69, 9.17) is 4.74 Å². The van der Waals surface area contributed by atoms with Crippen molar-refractivity contribution in [3.8, 4) is 5.75 Å². The number of Topliss-reactive ketones (excluding diaryl/α,β-unsaturated/α-hetero) is 1. The number of benzene rings is 2. The minimum absolute atomic E-state index is 0.00880. The number of ether oxygens (including phenoxy) is 1. The van der Waals surface area contributed by atoms with Crippen molar-refractivity contribution in [1.82, 2.24) is 0 Å². The number of rotatable bonds is 4. The Morgan fingerprint density at radius 3 is 2.27 bits per heavy atom. The van der Waals surface area contributed by atoms with Gasteiger partial charge in [0, 0.05) is 22.1 Å². The largest absolute Gasteiger partial charge is 0.497 e. The number of amides is 1. The van der Waals surface area contributed by atoms with Crippen LogP contribution in [0, 0.1) is 0 Å². The summed E-state index contributed by atoms with van der Waals surface area (Å²) in [5, 5.41) is 0.279. The number of hydrogen-bond donors (Lipinski definition) is 0. The maximum atomic E-state index is 12.7. The van der Waals surface area contributed by atoms with Gasteiger partial charge in [-0.3, -0.25) is 9.59 Å². The van der Waals surface area contributed by atoms with E-state index in [0.717, 1.165) is 0 Å². The molecule has 2 saturated heterocycles. The molecule has 2 aliphatic rings. The molecule has 2 aromatic rings. The van der Waals surface area contributed by atoms with Gasteiger partial charge in [0.1, 0.15) is 5.75 Å². The number of aliphatic imine (C=N–C) groups is 1. The number of ketones is 1. The monoisotopic (exact) mass is 444 g/mol. The van der Waals surface area contributed by atoms with Crippen molar-refractivity contribution < 1.29 is 22.7 Å². The molecule has 4 rings (SSSR count). The van der Waals surface area contributed by atoms with Gasteiger partial charge < -0.3 is 9.64 Å². The smallest absolute Gasteiger partial charge is 0.279 e. The summed E-state index contributed by atoms with van der Waals surface area (Å²) < 4.78 is 29.5. The predicted molar refractivity (Wildman–Crippen MR) is 118 cm³/mol. The Morgan fingerprint density at radius 1 is 1.03 bits per heavy atom. The summed E-state index contributed by atoms with van der Waals surface area (Å²) in [6, 6.07) is 13.3. The second-order valence-electron chi connectivity index (χ2n) is 7.20. The molecule has 0 saturated carbocycles. The van der Waals surface area contributed by atoms with Gasteiger partial charge in [-0.05, 0) is 55.5 Å². The number of carbonyl (C=O) groups excluding carboxylic acids is 2. The van der Waals surface area contributed by atoms with Gasteiger partial charge in [-0.15, -0.1) is 0 Å². The van der Waals surface area contributed by atoms with Crippen LogP contribution in [-0.2, 0) is 9.84 Å². The van der Waals surface area contributed by atoms with Crippen LogP contribution in [0.1, 0.15) is 27.6 Å². The first-order valence-corrected chi connectivity index (χ1v) is 12.0. The third-order valence-corrected chi connectivity index (χ3v) is 8.36. The van der Waals surface area contributed by atoms with Gasteiger partial charge in [0.2, 0.25) is 0 Å². The number of thioether (sulfide) groups is 1. The summed E-state index contributed by atoms with van der Waals surface area (Å²) in [6.07, 6.45) is 0. The summed E-state index contributed by atoms with van der Waals surface area (Å²) in [6.45, 7) is 1.49. The van der Waals surface area contributed by atoms with Crippen LogP contribution in [0.15, 0.2) is 53.5 Å². The fourth-order valence-corrected chi connectivity index (χ4v) is 7.52. The minimum atomic E-state index is -3.15. The number of nitrogens with zero attached hydrogens (tertiary/aromatic N) is 2. The molecular weight excluding hydrogens is 424 g/mol. The molecule has 2 aliphatic heterocycles. The highest BCUT2D eigenvalue weighted by Crippen LogP contribution is 2.41. The normalized spacial score (nSPS) is 23.4. The van der Waals surface area contributed by atoms with Crippen LogP contribution in [0.25, 0.3) is 0 Å². The Labute approximate surface area is 179 Å². The number of sulfone groups is 1. The van der Waals surface area contributed by atoms with Crippen molar-refractivity contribution in [2.45, 2.75) is 18.2 Å². The van der Waals surface area contributed by atoms with E-state index in [1.54, 1.807) is 55.6 Å². The highest BCUT2D eigenvalue weighted by Gasteiger charge is 2.49. The van der Waals surface area contributed by atoms with Crippen molar-refractivity contribution in [2.75, 3.05) is 23.5 Å². The maximum absolute atomic E-state index is 12.7. The molecule has 2 heterocycles. The summed E-state index contributed by atoms with van der Waals surface area (Å²) in [4.78, 5) is 30.4. The molecule has 0 unspecified atom stereocenters. The van der Waals surface area contributed by atoms with E-state index in [9.17, 15) is 18.0 Å². The number of carbonyl (C=O) groups is 2. The predicted octanol–water partition coefficient (Wildman–Crippen LogP) is 2.81. The highest BCUT2D eigenvalue weighted by molar-refractivity contribution is 8.16. The second kappa shape index (κ2) is 7.88. The lowest BCUT2D eigenvalue weighted by molar-refractivity contribution is 0.0998. The van der Waals surface area contributed by atoms with E-state index in [0.29, 0.717) is 27.7 Å². The highest BCUT2D eigenvalue weighted by atomic mass is 32.2. The molecule has 7 nitrogen and oxygen atoms in total. The number of anilines is 1. The molecule has 0 radical (unpaired) electrons. The molecule has 1 amide bonds. The summed E-state index contributed by atoms with van der Waals surface area (Å²) in [5.74, 6) is 0.242. The fraction of sp³-hybridized carbons (Fsp3) is 0.286. The van der Waals surface area contributed by atoms with Crippen molar-refractivity contribution in [3.63, 3.8) is 0 Å². The van der Waals surface area contributed by atoms with Crippen molar-refractivity contribution in [1.29, 1.82) is 0 Å². The quantitative estimate of drug-likeness (QED) is 0.670. The first kappa shape index (κ1) is 20.6. The third kappa shape index (κ3) is 3.99. The van der Waals surface area contributed by atoms with Crippen LogP contribution in [0.2, 0.25) is 0 Å². The van der Waals surface area contributed by atoms with Crippen LogP contribution in [0.3, 0.4) is 0 Å². The van der Waals surface area contributed by atoms with Gasteiger partial charge >= 0.3 is 0 Å². The first-order valence-electron chi connectivity index (χ1n) is 9.32. The van der Waals surface area contributed by atoms with E-state index < -0.39 is 15.7 Å². The summed E-state index contributed by atoms with van der Waals surface area (Å²) >= 11 is 1.31. The standard InChI is InChI=1S/C21H20N2O5S2/c1-13(24)14-3-7-16(8-4-14)23-18-11-30(26,27)12-19(18)29-21(23)22-20(25)15-5-9-17(28-2)10-6-15/h3-10,18-19H,11-12H2,1-2H3/t18-,19+/m1/s1. The SMILES string of the molecule is COc1ccc(C(=O)N=C2S[C@H]3CS(=O)(=O)C[C@H]3N2c2ccc(C(C)=O)cc2)cc1. The zero-order chi connectivity index (χ0) is 21.5. The molecule has 0 spiro atoms. The van der Waals surface area contributed by atoms with Gasteiger partial charge in [-0.1, -0.05) is 11.8 Å². The lowest BCUT2D eigenvalue weighted by Crippen LogP contribution is -2.37. The topological polar surface area (TPSA) is 93.1 Å². The number of fused-ring (bicyclic) bond motifs is 1. The molecular formula is C21H20N2O5S2. The third-order valence-electron chi connectivity index (χ3n) is 5.15. The Kier molecular flexibility index (Phi) is 5.42. The van der Waals surface area contributed by atoms with E-state index in [-0.39, 0.29) is 28.6 Å². The van der Waals surface area contributed by atoms with Crippen LogP contribution < -0.4 is 9.64 Å².